The second-order valence-electron chi connectivity index (χ2n) is 4.67. The third-order valence-electron chi connectivity index (χ3n) is 3.59. The number of hydrogen-bond acceptors (Lipinski definition) is 3. The van der Waals surface area contributed by atoms with Gasteiger partial charge >= 0.3 is 0 Å². The zero-order chi connectivity index (χ0) is 12.3. The Balaban J connectivity index is 2.28. The molecule has 4 nitrogen and oxygen atoms in total. The molecule has 17 heavy (non-hydrogen) atoms. The molecule has 96 valence electrons. The lowest BCUT2D eigenvalue weighted by Gasteiger charge is -2.24. The molecule has 0 bridgehead atoms. The molecule has 1 aliphatic carbocycles. The van der Waals surface area contributed by atoms with Crippen LogP contribution in [-0.2, 0) is 10.6 Å². The Morgan fingerprint density at radius 3 is 2.71 bits per heavy atom. The zero-order valence-corrected chi connectivity index (χ0v) is 11.3. The standard InChI is InChI=1S/C12H20ClN3O/c1-9(17-2)12-11(8-13)14-15-16(12)10-6-4-3-5-7-10/h9-10H,3-8H2,1-2H3. The Bertz CT molecular complexity index is 361. The molecule has 0 N–H and O–H groups in total. The van der Waals surface area contributed by atoms with Crippen LogP contribution in [0.4, 0.5) is 0 Å². The van der Waals surface area contributed by atoms with Gasteiger partial charge in [0.05, 0.1) is 23.7 Å². The van der Waals surface area contributed by atoms with Crippen molar-refractivity contribution in [1.82, 2.24) is 15.0 Å². The lowest BCUT2D eigenvalue weighted by molar-refractivity contribution is 0.107. The van der Waals surface area contributed by atoms with Gasteiger partial charge in [-0.1, -0.05) is 24.5 Å². The van der Waals surface area contributed by atoms with Crippen LogP contribution >= 0.6 is 11.6 Å². The predicted octanol–water partition coefficient (Wildman–Crippen LogP) is 3.23. The van der Waals surface area contributed by atoms with E-state index in [0.717, 1.165) is 11.4 Å². The fourth-order valence-corrected chi connectivity index (χ4v) is 2.75. The minimum Gasteiger partial charge on any atom is -0.375 e. The first-order chi connectivity index (χ1) is 8.27. The maximum Gasteiger partial charge on any atom is 0.103 e. The molecular weight excluding hydrogens is 238 g/mol. The summed E-state index contributed by atoms with van der Waals surface area (Å²) in [6.45, 7) is 2.02. The molecule has 1 heterocycles. The quantitative estimate of drug-likeness (QED) is 0.778. The topological polar surface area (TPSA) is 39.9 Å². The average Bonchev–Trinajstić information content (AvgIpc) is 2.82. The number of aromatic nitrogens is 3. The summed E-state index contributed by atoms with van der Waals surface area (Å²) >= 11 is 5.91. The lowest BCUT2D eigenvalue weighted by Crippen LogP contribution is -2.18. The van der Waals surface area contributed by atoms with Gasteiger partial charge in [0.25, 0.3) is 0 Å². The molecule has 1 atom stereocenters. The number of nitrogens with zero attached hydrogens (tertiary/aromatic N) is 3. The van der Waals surface area contributed by atoms with Crippen LogP contribution in [0.15, 0.2) is 0 Å². The van der Waals surface area contributed by atoms with Crippen LogP contribution in [0.25, 0.3) is 0 Å². The van der Waals surface area contributed by atoms with Crippen molar-refractivity contribution in [2.24, 2.45) is 0 Å². The van der Waals surface area contributed by atoms with Gasteiger partial charge in [-0.25, -0.2) is 4.68 Å². The Labute approximate surface area is 107 Å². The highest BCUT2D eigenvalue weighted by Gasteiger charge is 2.24. The summed E-state index contributed by atoms with van der Waals surface area (Å²) in [7, 11) is 1.71. The van der Waals surface area contributed by atoms with E-state index in [9.17, 15) is 0 Å². The SMILES string of the molecule is COC(C)c1c(CCl)nnn1C1CCCCC1. The van der Waals surface area contributed by atoms with Crippen molar-refractivity contribution in [3.8, 4) is 0 Å². The summed E-state index contributed by atoms with van der Waals surface area (Å²) in [4.78, 5) is 0. The van der Waals surface area contributed by atoms with Crippen molar-refractivity contribution < 1.29 is 4.74 Å². The van der Waals surface area contributed by atoms with E-state index in [1.807, 2.05) is 11.6 Å². The minimum atomic E-state index is 0.000626. The molecule has 0 aliphatic heterocycles. The van der Waals surface area contributed by atoms with Crippen molar-refractivity contribution in [3.05, 3.63) is 11.4 Å². The van der Waals surface area contributed by atoms with Gasteiger partial charge in [-0.3, -0.25) is 0 Å². The molecule has 0 spiro atoms. The summed E-state index contributed by atoms with van der Waals surface area (Å²) in [5.74, 6) is 0.399. The second-order valence-corrected chi connectivity index (χ2v) is 4.94. The number of rotatable bonds is 4. The zero-order valence-electron chi connectivity index (χ0n) is 10.5. The molecular formula is C12H20ClN3O. The summed E-state index contributed by atoms with van der Waals surface area (Å²) in [5.41, 5.74) is 1.90. The summed E-state index contributed by atoms with van der Waals surface area (Å²) < 4.78 is 7.46. The largest absolute Gasteiger partial charge is 0.375 e. The van der Waals surface area contributed by atoms with Gasteiger partial charge in [-0.2, -0.15) is 0 Å². The molecule has 0 aromatic carbocycles. The summed E-state index contributed by atoms with van der Waals surface area (Å²) in [5, 5.41) is 8.46. The van der Waals surface area contributed by atoms with Crippen LogP contribution in [-0.4, -0.2) is 22.1 Å². The summed E-state index contributed by atoms with van der Waals surface area (Å²) in [6.07, 6.45) is 6.27. The summed E-state index contributed by atoms with van der Waals surface area (Å²) in [6, 6.07) is 0.473. The second kappa shape index (κ2) is 5.83. The normalized spacial score (nSPS) is 19.5. The van der Waals surface area contributed by atoms with E-state index in [0.29, 0.717) is 11.9 Å². The molecule has 1 aliphatic rings. The molecule has 2 rings (SSSR count). The smallest absolute Gasteiger partial charge is 0.103 e. The highest BCUT2D eigenvalue weighted by Crippen LogP contribution is 2.31. The maximum atomic E-state index is 5.91. The van der Waals surface area contributed by atoms with Crippen LogP contribution in [0.2, 0.25) is 0 Å². The van der Waals surface area contributed by atoms with E-state index >= 15 is 0 Å². The Kier molecular flexibility index (Phi) is 4.40. The molecule has 0 saturated heterocycles. The number of halogens is 1. The fraction of sp³-hybridized carbons (Fsp3) is 0.833. The van der Waals surface area contributed by atoms with Gasteiger partial charge in [0, 0.05) is 7.11 Å². The van der Waals surface area contributed by atoms with Gasteiger partial charge in [-0.05, 0) is 19.8 Å². The molecule has 0 amide bonds. The minimum absolute atomic E-state index is 0.000626. The predicted molar refractivity (Wildman–Crippen MR) is 67.1 cm³/mol. The molecule has 1 aromatic rings. The Hall–Kier alpha value is -0.610. The lowest BCUT2D eigenvalue weighted by atomic mass is 9.95. The van der Waals surface area contributed by atoms with Crippen molar-refractivity contribution >= 4 is 11.6 Å². The maximum absolute atomic E-state index is 5.91. The van der Waals surface area contributed by atoms with Gasteiger partial charge in [0.2, 0.25) is 0 Å². The van der Waals surface area contributed by atoms with Crippen molar-refractivity contribution in [2.45, 2.75) is 57.1 Å². The van der Waals surface area contributed by atoms with Gasteiger partial charge in [0.1, 0.15) is 5.69 Å². The van der Waals surface area contributed by atoms with E-state index in [-0.39, 0.29) is 6.10 Å². The van der Waals surface area contributed by atoms with E-state index in [2.05, 4.69) is 10.3 Å². The van der Waals surface area contributed by atoms with E-state index in [4.69, 9.17) is 16.3 Å². The number of alkyl halides is 1. The molecule has 0 radical (unpaired) electrons. The monoisotopic (exact) mass is 257 g/mol. The number of hydrogen-bond donors (Lipinski definition) is 0. The third-order valence-corrected chi connectivity index (χ3v) is 3.84. The first-order valence-corrected chi connectivity index (χ1v) is 6.84. The van der Waals surface area contributed by atoms with Crippen molar-refractivity contribution in [2.75, 3.05) is 7.11 Å². The fourth-order valence-electron chi connectivity index (χ4n) is 2.56. The highest BCUT2D eigenvalue weighted by atomic mass is 35.5. The molecule has 1 fully saturated rings. The molecule has 5 heteroatoms. The Morgan fingerprint density at radius 1 is 1.41 bits per heavy atom. The van der Waals surface area contributed by atoms with Crippen LogP contribution < -0.4 is 0 Å². The van der Waals surface area contributed by atoms with Crippen LogP contribution in [0.5, 0.6) is 0 Å². The van der Waals surface area contributed by atoms with E-state index in [1.165, 1.54) is 32.1 Å². The highest BCUT2D eigenvalue weighted by molar-refractivity contribution is 6.16. The van der Waals surface area contributed by atoms with Crippen LogP contribution in [0.1, 0.15) is 62.6 Å². The van der Waals surface area contributed by atoms with Gasteiger partial charge in [-0.15, -0.1) is 16.7 Å². The molecule has 1 unspecified atom stereocenters. The molecule has 1 saturated carbocycles. The van der Waals surface area contributed by atoms with Gasteiger partial charge < -0.3 is 4.74 Å². The first kappa shape index (κ1) is 12.8. The van der Waals surface area contributed by atoms with Gasteiger partial charge in [0.15, 0.2) is 0 Å². The first-order valence-electron chi connectivity index (χ1n) is 6.30. The van der Waals surface area contributed by atoms with Crippen LogP contribution in [0, 0.1) is 0 Å². The van der Waals surface area contributed by atoms with Crippen LogP contribution in [0.3, 0.4) is 0 Å². The average molecular weight is 258 g/mol. The number of methoxy groups -OCH3 is 1. The third kappa shape index (κ3) is 2.63. The number of ether oxygens (including phenoxy) is 1. The molecule has 1 aromatic heterocycles. The van der Waals surface area contributed by atoms with E-state index < -0.39 is 0 Å². The van der Waals surface area contributed by atoms with E-state index in [1.54, 1.807) is 7.11 Å². The van der Waals surface area contributed by atoms with Crippen molar-refractivity contribution in [1.29, 1.82) is 0 Å². The Morgan fingerprint density at radius 2 is 2.12 bits per heavy atom. The van der Waals surface area contributed by atoms with Crippen molar-refractivity contribution in [3.63, 3.8) is 0 Å².